The summed E-state index contributed by atoms with van der Waals surface area (Å²) in [4.78, 5) is 0. The van der Waals surface area contributed by atoms with Crippen LogP contribution in [0.5, 0.6) is 0 Å². The molecule has 0 saturated heterocycles. The van der Waals surface area contributed by atoms with Gasteiger partial charge in [0.2, 0.25) is 0 Å². The van der Waals surface area contributed by atoms with Crippen molar-refractivity contribution in [2.24, 2.45) is 11.5 Å². The zero-order valence-electron chi connectivity index (χ0n) is 9.17. The van der Waals surface area contributed by atoms with Crippen molar-refractivity contribution in [3.05, 3.63) is 35.4 Å². The molecule has 0 aliphatic carbocycles. The fourth-order valence-corrected chi connectivity index (χ4v) is 0.839. The van der Waals surface area contributed by atoms with E-state index >= 15 is 0 Å². The van der Waals surface area contributed by atoms with E-state index < -0.39 is 0 Å². The van der Waals surface area contributed by atoms with Crippen molar-refractivity contribution in [3.63, 3.8) is 0 Å². The van der Waals surface area contributed by atoms with E-state index in [0.29, 0.717) is 6.54 Å². The summed E-state index contributed by atoms with van der Waals surface area (Å²) in [5, 5.41) is 0. The Morgan fingerprint density at radius 1 is 1.15 bits per heavy atom. The first-order valence-electron chi connectivity index (χ1n) is 4.66. The highest BCUT2D eigenvalue weighted by molar-refractivity contribution is 5.21. The second-order valence-corrected chi connectivity index (χ2v) is 2.19. The Balaban J connectivity index is 0. The van der Waals surface area contributed by atoms with Gasteiger partial charge in [-0.1, -0.05) is 43.7 Å². The number of hydrogen-bond donors (Lipinski definition) is 2. The molecule has 13 heavy (non-hydrogen) atoms. The Morgan fingerprint density at radius 3 is 2.00 bits per heavy atom. The average molecular weight is 182 g/mol. The van der Waals surface area contributed by atoms with Crippen molar-refractivity contribution in [2.75, 3.05) is 7.05 Å². The van der Waals surface area contributed by atoms with E-state index in [-0.39, 0.29) is 0 Å². The first kappa shape index (κ1) is 14.7. The normalized spacial score (nSPS) is 7.54. The van der Waals surface area contributed by atoms with Gasteiger partial charge in [0, 0.05) is 6.54 Å². The van der Waals surface area contributed by atoms with Crippen molar-refractivity contribution in [1.29, 1.82) is 0 Å². The molecule has 0 aromatic heterocycles. The summed E-state index contributed by atoms with van der Waals surface area (Å²) < 4.78 is 0. The smallest absolute Gasteiger partial charge is 0.0178 e. The minimum absolute atomic E-state index is 0.641. The molecule has 4 N–H and O–H groups in total. The van der Waals surface area contributed by atoms with Gasteiger partial charge >= 0.3 is 0 Å². The Kier molecular flexibility index (Phi) is 12.6. The van der Waals surface area contributed by atoms with Crippen LogP contribution in [0.25, 0.3) is 0 Å². The van der Waals surface area contributed by atoms with E-state index in [4.69, 9.17) is 5.73 Å². The third-order valence-corrected chi connectivity index (χ3v) is 1.32. The van der Waals surface area contributed by atoms with Crippen LogP contribution < -0.4 is 11.5 Å². The lowest BCUT2D eigenvalue weighted by molar-refractivity contribution is 1.07. The van der Waals surface area contributed by atoms with Crippen molar-refractivity contribution < 1.29 is 0 Å². The molecule has 0 bridgehead atoms. The maximum Gasteiger partial charge on any atom is 0.0178 e. The lowest BCUT2D eigenvalue weighted by Crippen LogP contribution is -1.95. The molecular formula is C11H22N2. The van der Waals surface area contributed by atoms with Crippen LogP contribution in [0.3, 0.4) is 0 Å². The Hall–Kier alpha value is -0.860. The molecule has 1 rings (SSSR count). The van der Waals surface area contributed by atoms with Crippen LogP contribution >= 0.6 is 0 Å². The molecule has 0 fully saturated rings. The summed E-state index contributed by atoms with van der Waals surface area (Å²) >= 11 is 0. The van der Waals surface area contributed by atoms with Crippen LogP contribution in [0.1, 0.15) is 25.0 Å². The minimum Gasteiger partial charge on any atom is -0.333 e. The number of hydrogen-bond acceptors (Lipinski definition) is 2. The summed E-state index contributed by atoms with van der Waals surface area (Å²) in [6.45, 7) is 6.71. The van der Waals surface area contributed by atoms with Crippen molar-refractivity contribution in [1.82, 2.24) is 0 Å². The maximum atomic E-state index is 5.42. The zero-order valence-corrected chi connectivity index (χ0v) is 9.17. The number of rotatable bonds is 1. The van der Waals surface area contributed by atoms with Crippen molar-refractivity contribution >= 4 is 0 Å². The summed E-state index contributed by atoms with van der Waals surface area (Å²) in [6, 6.07) is 8.23. The monoisotopic (exact) mass is 182 g/mol. The third-order valence-electron chi connectivity index (χ3n) is 1.32. The van der Waals surface area contributed by atoms with Crippen LogP contribution in [-0.2, 0) is 6.54 Å². The number of nitrogens with two attached hydrogens (primary N) is 2. The molecule has 0 unspecified atom stereocenters. The van der Waals surface area contributed by atoms with Crippen molar-refractivity contribution in [3.8, 4) is 0 Å². The van der Waals surface area contributed by atoms with Gasteiger partial charge in [0.05, 0.1) is 0 Å². The third kappa shape index (κ3) is 7.50. The first-order valence-corrected chi connectivity index (χ1v) is 4.66. The second-order valence-electron chi connectivity index (χ2n) is 2.19. The van der Waals surface area contributed by atoms with Gasteiger partial charge in [-0.3, -0.25) is 0 Å². The molecule has 0 radical (unpaired) electrons. The fraction of sp³-hybridized carbons (Fsp3) is 0.455. The molecule has 0 atom stereocenters. The highest BCUT2D eigenvalue weighted by Crippen LogP contribution is 2.01. The molecule has 0 saturated carbocycles. The molecular weight excluding hydrogens is 160 g/mol. The molecule has 0 spiro atoms. The predicted octanol–water partition coefficient (Wildman–Crippen LogP) is 2.05. The molecule has 0 heterocycles. The van der Waals surface area contributed by atoms with E-state index in [0.717, 1.165) is 0 Å². The van der Waals surface area contributed by atoms with E-state index in [9.17, 15) is 0 Å². The standard InChI is InChI=1S/C8H11N.C2H6.CH5N/c1-7-3-2-4-8(5-7)6-9;2*1-2/h2-5H,6,9H2,1H3;1-2H3;2H2,1H3. The van der Waals surface area contributed by atoms with Gasteiger partial charge in [0.1, 0.15) is 0 Å². The Labute approximate surface area is 81.9 Å². The van der Waals surface area contributed by atoms with E-state index in [1.54, 1.807) is 0 Å². The zero-order chi connectivity index (χ0) is 10.7. The molecule has 0 amide bonds. The number of aryl methyl sites for hydroxylation is 1. The quantitative estimate of drug-likeness (QED) is 0.698. The molecule has 76 valence electrons. The lowest BCUT2D eigenvalue weighted by atomic mass is 10.1. The Morgan fingerprint density at radius 2 is 1.69 bits per heavy atom. The van der Waals surface area contributed by atoms with Crippen LogP contribution in [0.15, 0.2) is 24.3 Å². The summed E-state index contributed by atoms with van der Waals surface area (Å²) in [5.74, 6) is 0. The fourth-order valence-electron chi connectivity index (χ4n) is 0.839. The average Bonchev–Trinajstić information content (AvgIpc) is 2.24. The van der Waals surface area contributed by atoms with Crippen LogP contribution in [0.4, 0.5) is 0 Å². The van der Waals surface area contributed by atoms with Crippen LogP contribution in [-0.4, -0.2) is 7.05 Å². The van der Waals surface area contributed by atoms with Gasteiger partial charge in [0.15, 0.2) is 0 Å². The minimum atomic E-state index is 0.641. The summed E-state index contributed by atoms with van der Waals surface area (Å²) in [5.41, 5.74) is 12.4. The van der Waals surface area contributed by atoms with Gasteiger partial charge in [-0.15, -0.1) is 0 Å². The lowest BCUT2D eigenvalue weighted by Gasteiger charge is -1.95. The van der Waals surface area contributed by atoms with Crippen LogP contribution in [0, 0.1) is 6.92 Å². The van der Waals surface area contributed by atoms with Crippen LogP contribution in [0.2, 0.25) is 0 Å². The molecule has 0 aliphatic rings. The molecule has 0 aliphatic heterocycles. The van der Waals surface area contributed by atoms with Gasteiger partial charge in [0.25, 0.3) is 0 Å². The van der Waals surface area contributed by atoms with Gasteiger partial charge in [-0.2, -0.15) is 0 Å². The van der Waals surface area contributed by atoms with Crippen molar-refractivity contribution in [2.45, 2.75) is 27.3 Å². The second kappa shape index (κ2) is 11.1. The van der Waals surface area contributed by atoms with Gasteiger partial charge < -0.3 is 11.5 Å². The summed E-state index contributed by atoms with van der Waals surface area (Å²) in [7, 11) is 1.50. The molecule has 1 aromatic carbocycles. The van der Waals surface area contributed by atoms with E-state index in [1.165, 1.54) is 18.2 Å². The van der Waals surface area contributed by atoms with E-state index in [2.05, 4.69) is 24.8 Å². The van der Waals surface area contributed by atoms with Gasteiger partial charge in [-0.25, -0.2) is 0 Å². The largest absolute Gasteiger partial charge is 0.333 e. The highest BCUT2D eigenvalue weighted by atomic mass is 14.5. The molecule has 2 nitrogen and oxygen atoms in total. The van der Waals surface area contributed by atoms with E-state index in [1.807, 2.05) is 26.0 Å². The summed E-state index contributed by atoms with van der Waals surface area (Å²) in [6.07, 6.45) is 0. The first-order chi connectivity index (χ1) is 6.33. The maximum absolute atomic E-state index is 5.42. The van der Waals surface area contributed by atoms with Gasteiger partial charge in [-0.05, 0) is 19.5 Å². The Bertz CT molecular complexity index is 197. The predicted molar refractivity (Wildman–Crippen MR) is 60.5 cm³/mol. The highest BCUT2D eigenvalue weighted by Gasteiger charge is 1.85. The molecule has 1 aromatic rings. The SMILES string of the molecule is CC.CN.Cc1cccc(CN)c1. The topological polar surface area (TPSA) is 52.0 Å². The number of benzene rings is 1. The molecule has 2 heteroatoms.